The first-order chi connectivity index (χ1) is 8.58. The largest absolute Gasteiger partial charge is 0.478 e. The summed E-state index contributed by atoms with van der Waals surface area (Å²) in [6.07, 6.45) is 0. The van der Waals surface area contributed by atoms with E-state index in [1.54, 1.807) is 19.1 Å². The molecule has 1 amide bonds. The summed E-state index contributed by atoms with van der Waals surface area (Å²) in [5, 5.41) is 17.7. The number of carbonyl (C=O) groups excluding carboxylic acids is 1. The number of amides is 1. The number of H-pyrrole nitrogens is 1. The number of benzene rings is 1. The molecule has 0 saturated heterocycles. The van der Waals surface area contributed by atoms with E-state index in [0.717, 1.165) is 0 Å². The second-order valence-electron chi connectivity index (χ2n) is 3.55. The molecule has 1 aromatic heterocycles. The number of rotatable bonds is 3. The molecule has 0 aliphatic rings. The van der Waals surface area contributed by atoms with Crippen molar-refractivity contribution in [1.29, 1.82) is 0 Å². The van der Waals surface area contributed by atoms with E-state index in [9.17, 15) is 9.59 Å². The molecule has 1 heterocycles. The molecule has 2 rings (SSSR count). The number of hydrogen-bond acceptors (Lipinski definition) is 4. The van der Waals surface area contributed by atoms with Gasteiger partial charge in [-0.25, -0.2) is 4.79 Å². The van der Waals surface area contributed by atoms with Gasteiger partial charge in [0.2, 0.25) is 5.95 Å². The second-order valence-corrected chi connectivity index (χ2v) is 3.55. The summed E-state index contributed by atoms with van der Waals surface area (Å²) < 4.78 is 0. The molecule has 0 fully saturated rings. The molecule has 0 saturated carbocycles. The summed E-state index contributed by atoms with van der Waals surface area (Å²) in [4.78, 5) is 26.8. The number of carboxylic acid groups (broad SMARTS) is 1. The maximum atomic E-state index is 11.9. The van der Waals surface area contributed by atoms with Crippen LogP contribution < -0.4 is 5.32 Å². The van der Waals surface area contributed by atoms with Gasteiger partial charge in [0, 0.05) is 0 Å². The Morgan fingerprint density at radius 2 is 1.94 bits per heavy atom. The predicted octanol–water partition coefficient (Wildman–Crippen LogP) is 1.06. The van der Waals surface area contributed by atoms with E-state index in [1.807, 2.05) is 0 Å². The van der Waals surface area contributed by atoms with Crippen LogP contribution in [0.2, 0.25) is 0 Å². The standard InChI is InChI=1S/C11H10N4O3/c1-6-12-11(15-14-6)13-9(16)7-4-2-3-5-8(7)10(17)18/h2-5H,1H3,(H,17,18)(H2,12,13,14,15,16). The molecule has 0 aliphatic carbocycles. The molecule has 2 aromatic rings. The van der Waals surface area contributed by atoms with Gasteiger partial charge in [0.15, 0.2) is 0 Å². The lowest BCUT2D eigenvalue weighted by molar-refractivity contribution is 0.0692. The first-order valence-corrected chi connectivity index (χ1v) is 5.10. The van der Waals surface area contributed by atoms with Crippen molar-refractivity contribution in [2.45, 2.75) is 6.92 Å². The van der Waals surface area contributed by atoms with Crippen molar-refractivity contribution in [3.8, 4) is 0 Å². The fraction of sp³-hybridized carbons (Fsp3) is 0.0909. The van der Waals surface area contributed by atoms with Gasteiger partial charge >= 0.3 is 5.97 Å². The van der Waals surface area contributed by atoms with E-state index >= 15 is 0 Å². The third-order valence-electron chi connectivity index (χ3n) is 2.22. The number of nitrogens with zero attached hydrogens (tertiary/aromatic N) is 2. The van der Waals surface area contributed by atoms with E-state index in [-0.39, 0.29) is 17.1 Å². The average molecular weight is 246 g/mol. The molecule has 1 aromatic carbocycles. The van der Waals surface area contributed by atoms with Gasteiger partial charge in [0.25, 0.3) is 5.91 Å². The van der Waals surface area contributed by atoms with Crippen LogP contribution in [-0.4, -0.2) is 32.2 Å². The summed E-state index contributed by atoms with van der Waals surface area (Å²) in [6, 6.07) is 5.93. The van der Waals surface area contributed by atoms with Gasteiger partial charge in [0.05, 0.1) is 11.1 Å². The van der Waals surface area contributed by atoms with Crippen molar-refractivity contribution >= 4 is 17.8 Å². The van der Waals surface area contributed by atoms with Gasteiger partial charge in [-0.1, -0.05) is 12.1 Å². The van der Waals surface area contributed by atoms with Crippen molar-refractivity contribution in [3.05, 3.63) is 41.2 Å². The Morgan fingerprint density at radius 1 is 1.28 bits per heavy atom. The molecule has 0 bridgehead atoms. The Morgan fingerprint density at radius 3 is 2.50 bits per heavy atom. The summed E-state index contributed by atoms with van der Waals surface area (Å²) >= 11 is 0. The average Bonchev–Trinajstić information content (AvgIpc) is 2.74. The fourth-order valence-electron chi connectivity index (χ4n) is 1.44. The Bertz CT molecular complexity index is 606. The van der Waals surface area contributed by atoms with Crippen LogP contribution in [0, 0.1) is 6.92 Å². The van der Waals surface area contributed by atoms with Gasteiger partial charge in [0.1, 0.15) is 5.82 Å². The van der Waals surface area contributed by atoms with Crippen LogP contribution in [0.4, 0.5) is 5.95 Å². The van der Waals surface area contributed by atoms with Gasteiger partial charge in [-0.2, -0.15) is 4.98 Å². The molecule has 0 radical (unpaired) electrons. The van der Waals surface area contributed by atoms with E-state index in [2.05, 4.69) is 20.5 Å². The lowest BCUT2D eigenvalue weighted by Crippen LogP contribution is -2.17. The van der Waals surface area contributed by atoms with Crippen molar-refractivity contribution in [2.75, 3.05) is 5.32 Å². The van der Waals surface area contributed by atoms with Gasteiger partial charge < -0.3 is 5.11 Å². The quantitative estimate of drug-likeness (QED) is 0.750. The van der Waals surface area contributed by atoms with E-state index in [1.165, 1.54) is 12.1 Å². The first kappa shape index (κ1) is 11.8. The van der Waals surface area contributed by atoms with Crippen LogP contribution >= 0.6 is 0 Å². The summed E-state index contributed by atoms with van der Waals surface area (Å²) in [5.74, 6) is -1.06. The van der Waals surface area contributed by atoms with Crippen molar-refractivity contribution in [3.63, 3.8) is 0 Å². The Kier molecular flexibility index (Phi) is 3.05. The van der Waals surface area contributed by atoms with Crippen molar-refractivity contribution < 1.29 is 14.7 Å². The molecule has 7 heteroatoms. The van der Waals surface area contributed by atoms with Gasteiger partial charge in [-0.05, 0) is 19.1 Å². The highest BCUT2D eigenvalue weighted by Gasteiger charge is 2.16. The number of aromatic nitrogens is 3. The molecule has 0 spiro atoms. The zero-order valence-corrected chi connectivity index (χ0v) is 9.47. The summed E-state index contributed by atoms with van der Waals surface area (Å²) in [6.45, 7) is 1.69. The predicted molar refractivity (Wildman–Crippen MR) is 62.5 cm³/mol. The molecule has 18 heavy (non-hydrogen) atoms. The van der Waals surface area contributed by atoms with E-state index < -0.39 is 11.9 Å². The molecule has 7 nitrogen and oxygen atoms in total. The number of nitrogens with one attached hydrogen (secondary N) is 2. The van der Waals surface area contributed by atoms with Crippen LogP contribution in [0.1, 0.15) is 26.5 Å². The number of carboxylic acids is 1. The molecule has 0 aliphatic heterocycles. The maximum absolute atomic E-state index is 11.9. The monoisotopic (exact) mass is 246 g/mol. The maximum Gasteiger partial charge on any atom is 0.336 e. The second kappa shape index (κ2) is 4.66. The summed E-state index contributed by atoms with van der Waals surface area (Å²) in [7, 11) is 0. The van der Waals surface area contributed by atoms with Crippen LogP contribution in [0.3, 0.4) is 0 Å². The molecule has 0 atom stereocenters. The third kappa shape index (κ3) is 2.34. The first-order valence-electron chi connectivity index (χ1n) is 5.10. The smallest absolute Gasteiger partial charge is 0.336 e. The number of anilines is 1. The van der Waals surface area contributed by atoms with Gasteiger partial charge in [-0.3, -0.25) is 15.2 Å². The van der Waals surface area contributed by atoms with Crippen LogP contribution in [-0.2, 0) is 0 Å². The SMILES string of the molecule is Cc1nc(NC(=O)c2ccccc2C(=O)O)n[nH]1. The topological polar surface area (TPSA) is 108 Å². The molecule has 92 valence electrons. The molecular weight excluding hydrogens is 236 g/mol. The summed E-state index contributed by atoms with van der Waals surface area (Å²) in [5.41, 5.74) is -0.00490. The van der Waals surface area contributed by atoms with Crippen molar-refractivity contribution in [2.24, 2.45) is 0 Å². The van der Waals surface area contributed by atoms with Crippen molar-refractivity contribution in [1.82, 2.24) is 15.2 Å². The minimum atomic E-state index is -1.16. The molecule has 0 unspecified atom stereocenters. The number of carbonyl (C=O) groups is 2. The minimum Gasteiger partial charge on any atom is -0.478 e. The zero-order valence-electron chi connectivity index (χ0n) is 9.47. The molecule has 3 N–H and O–H groups in total. The normalized spacial score (nSPS) is 10.1. The lowest BCUT2D eigenvalue weighted by Gasteiger charge is -2.04. The Hall–Kier alpha value is -2.70. The number of aromatic carboxylic acids is 1. The zero-order chi connectivity index (χ0) is 13.1. The van der Waals surface area contributed by atoms with Crippen LogP contribution in [0.25, 0.3) is 0 Å². The van der Waals surface area contributed by atoms with Crippen LogP contribution in [0.15, 0.2) is 24.3 Å². The lowest BCUT2D eigenvalue weighted by atomic mass is 10.1. The third-order valence-corrected chi connectivity index (χ3v) is 2.22. The highest BCUT2D eigenvalue weighted by atomic mass is 16.4. The Balaban J connectivity index is 2.26. The fourth-order valence-corrected chi connectivity index (χ4v) is 1.44. The number of hydrogen-bond donors (Lipinski definition) is 3. The Labute approximate surface area is 102 Å². The van der Waals surface area contributed by atoms with E-state index in [4.69, 9.17) is 5.11 Å². The van der Waals surface area contributed by atoms with E-state index in [0.29, 0.717) is 5.82 Å². The van der Waals surface area contributed by atoms with Gasteiger partial charge in [-0.15, -0.1) is 5.10 Å². The number of aromatic amines is 1. The van der Waals surface area contributed by atoms with Crippen LogP contribution in [0.5, 0.6) is 0 Å². The minimum absolute atomic E-state index is 0.0625. The molecular formula is C11H10N4O3. The number of aryl methyl sites for hydroxylation is 1. The highest BCUT2D eigenvalue weighted by molar-refractivity contribution is 6.10. The highest BCUT2D eigenvalue weighted by Crippen LogP contribution is 2.10.